The molecule has 0 aromatic rings. The second kappa shape index (κ2) is 14.7. The van der Waals surface area contributed by atoms with Crippen LogP contribution >= 0.6 is 0 Å². The summed E-state index contributed by atoms with van der Waals surface area (Å²) in [5.41, 5.74) is 0. The zero-order valence-electron chi connectivity index (χ0n) is 15.7. The Kier molecular flexibility index (Phi) is 13.3. The van der Waals surface area contributed by atoms with Crippen molar-refractivity contribution in [2.75, 3.05) is 19.8 Å². The molecule has 0 spiro atoms. The van der Waals surface area contributed by atoms with E-state index in [1.807, 2.05) is 6.08 Å². The van der Waals surface area contributed by atoms with Crippen molar-refractivity contribution in [2.45, 2.75) is 95.0 Å². The molecule has 0 aromatic carbocycles. The second-order valence-corrected chi connectivity index (χ2v) is 7.06. The van der Waals surface area contributed by atoms with Crippen LogP contribution in [0.5, 0.6) is 0 Å². The van der Waals surface area contributed by atoms with E-state index < -0.39 is 24.4 Å². The molecule has 0 radical (unpaired) electrons. The van der Waals surface area contributed by atoms with Gasteiger partial charge < -0.3 is 24.8 Å². The molecule has 1 saturated heterocycles. The number of hydrogen-bond acceptors (Lipinski definition) is 5. The minimum absolute atomic E-state index is 0.219. The molecule has 5 heteroatoms. The van der Waals surface area contributed by atoms with Crippen molar-refractivity contribution in [3.8, 4) is 0 Å². The predicted octanol–water partition coefficient (Wildman–Crippen LogP) is 2.96. The maximum atomic E-state index is 9.96. The Bertz CT molecular complexity index is 323. The van der Waals surface area contributed by atoms with E-state index in [0.29, 0.717) is 6.61 Å². The average molecular weight is 359 g/mol. The first-order valence-electron chi connectivity index (χ1n) is 10.0. The van der Waals surface area contributed by atoms with Gasteiger partial charge >= 0.3 is 0 Å². The standard InChI is InChI=1S/C20H38O5/c1-2-3-4-5-6-7-8-9-10-11-12-13-14-24-18-16-25-17(15-21)19(22)20(18)23/h2,17-23H,1,3-16H2/t17-,18+,19-,20-/m0/s1. The van der Waals surface area contributed by atoms with Gasteiger partial charge in [-0.2, -0.15) is 0 Å². The van der Waals surface area contributed by atoms with Crippen molar-refractivity contribution < 1.29 is 24.8 Å². The van der Waals surface area contributed by atoms with Crippen LogP contribution in [-0.4, -0.2) is 59.6 Å². The molecule has 0 bridgehead atoms. The Morgan fingerprint density at radius 2 is 1.44 bits per heavy atom. The third-order valence-electron chi connectivity index (χ3n) is 4.90. The van der Waals surface area contributed by atoms with Gasteiger partial charge in [-0.3, -0.25) is 0 Å². The van der Waals surface area contributed by atoms with E-state index in [0.717, 1.165) is 19.3 Å². The minimum atomic E-state index is -1.08. The first-order chi connectivity index (χ1) is 12.2. The van der Waals surface area contributed by atoms with Gasteiger partial charge in [0, 0.05) is 6.61 Å². The van der Waals surface area contributed by atoms with Crippen LogP contribution in [0.3, 0.4) is 0 Å². The smallest absolute Gasteiger partial charge is 0.111 e. The van der Waals surface area contributed by atoms with E-state index in [1.54, 1.807) is 0 Å². The van der Waals surface area contributed by atoms with Gasteiger partial charge in [-0.15, -0.1) is 6.58 Å². The molecule has 148 valence electrons. The van der Waals surface area contributed by atoms with Crippen molar-refractivity contribution in [3.63, 3.8) is 0 Å². The lowest BCUT2D eigenvalue weighted by Gasteiger charge is -2.36. The molecule has 0 unspecified atom stereocenters. The number of rotatable bonds is 15. The maximum Gasteiger partial charge on any atom is 0.111 e. The minimum Gasteiger partial charge on any atom is -0.394 e. The molecule has 1 aliphatic rings. The lowest BCUT2D eigenvalue weighted by molar-refractivity contribution is -0.208. The van der Waals surface area contributed by atoms with Crippen LogP contribution < -0.4 is 0 Å². The normalized spacial score (nSPS) is 26.7. The molecular weight excluding hydrogens is 320 g/mol. The number of hydrogen-bond donors (Lipinski definition) is 3. The van der Waals surface area contributed by atoms with Gasteiger partial charge in [-0.1, -0.05) is 57.4 Å². The van der Waals surface area contributed by atoms with Gasteiger partial charge in [0.25, 0.3) is 0 Å². The van der Waals surface area contributed by atoms with Gasteiger partial charge in [0.1, 0.15) is 24.4 Å². The third kappa shape index (κ3) is 9.71. The fourth-order valence-corrected chi connectivity index (χ4v) is 3.20. The Hall–Kier alpha value is -0.460. The summed E-state index contributed by atoms with van der Waals surface area (Å²) in [6, 6.07) is 0. The van der Waals surface area contributed by atoms with E-state index in [-0.39, 0.29) is 13.2 Å². The van der Waals surface area contributed by atoms with Crippen LogP contribution in [0.1, 0.15) is 70.6 Å². The largest absolute Gasteiger partial charge is 0.394 e. The Morgan fingerprint density at radius 1 is 0.880 bits per heavy atom. The first-order valence-corrected chi connectivity index (χ1v) is 10.0. The molecule has 1 rings (SSSR count). The van der Waals surface area contributed by atoms with E-state index in [4.69, 9.17) is 14.6 Å². The highest BCUT2D eigenvalue weighted by molar-refractivity contribution is 4.87. The number of allylic oxidation sites excluding steroid dienone is 1. The molecule has 1 heterocycles. The van der Waals surface area contributed by atoms with Gasteiger partial charge in [-0.25, -0.2) is 0 Å². The molecule has 4 atom stereocenters. The maximum absolute atomic E-state index is 9.96. The molecule has 0 aromatic heterocycles. The Labute approximate surface area is 153 Å². The second-order valence-electron chi connectivity index (χ2n) is 7.06. The lowest BCUT2D eigenvalue weighted by atomic mass is 10.0. The van der Waals surface area contributed by atoms with E-state index in [2.05, 4.69) is 6.58 Å². The molecule has 0 saturated carbocycles. The highest BCUT2D eigenvalue weighted by atomic mass is 16.6. The monoisotopic (exact) mass is 358 g/mol. The third-order valence-corrected chi connectivity index (χ3v) is 4.90. The number of ether oxygens (including phenoxy) is 2. The summed E-state index contributed by atoms with van der Waals surface area (Å²) in [6.07, 6.45) is 12.4. The number of aliphatic hydroxyl groups excluding tert-OH is 3. The Balaban J connectivity index is 1.88. The van der Waals surface area contributed by atoms with Gasteiger partial charge in [0.05, 0.1) is 13.2 Å². The van der Waals surface area contributed by atoms with Crippen molar-refractivity contribution in [2.24, 2.45) is 0 Å². The van der Waals surface area contributed by atoms with Crippen LogP contribution in [-0.2, 0) is 9.47 Å². The zero-order valence-corrected chi connectivity index (χ0v) is 15.7. The molecule has 0 aliphatic carbocycles. The highest BCUT2D eigenvalue weighted by Crippen LogP contribution is 2.18. The number of aliphatic hydroxyl groups is 3. The summed E-state index contributed by atoms with van der Waals surface area (Å²) < 4.78 is 10.9. The molecule has 5 nitrogen and oxygen atoms in total. The summed E-state index contributed by atoms with van der Waals surface area (Å²) in [6.45, 7) is 4.24. The van der Waals surface area contributed by atoms with Crippen molar-refractivity contribution in [1.29, 1.82) is 0 Å². The van der Waals surface area contributed by atoms with Crippen molar-refractivity contribution in [1.82, 2.24) is 0 Å². The summed E-state index contributed by atoms with van der Waals surface area (Å²) >= 11 is 0. The number of unbranched alkanes of at least 4 members (excludes halogenated alkanes) is 10. The zero-order chi connectivity index (χ0) is 18.3. The van der Waals surface area contributed by atoms with Crippen LogP contribution in [0.2, 0.25) is 0 Å². The SMILES string of the molecule is C=CCCCCCCCCCCCCO[C@@H]1CO[C@@H](CO)[C@H](O)[C@H]1O. The van der Waals surface area contributed by atoms with Crippen molar-refractivity contribution >= 4 is 0 Å². The lowest BCUT2D eigenvalue weighted by Crippen LogP contribution is -2.55. The predicted molar refractivity (Wildman–Crippen MR) is 99.6 cm³/mol. The van der Waals surface area contributed by atoms with Crippen LogP contribution in [0.25, 0.3) is 0 Å². The Morgan fingerprint density at radius 3 is 2.00 bits per heavy atom. The highest BCUT2D eigenvalue weighted by Gasteiger charge is 2.38. The summed E-state index contributed by atoms with van der Waals surface area (Å²) in [5.74, 6) is 0. The fraction of sp³-hybridized carbons (Fsp3) is 0.900. The topological polar surface area (TPSA) is 79.2 Å². The van der Waals surface area contributed by atoms with Crippen LogP contribution in [0.15, 0.2) is 12.7 Å². The van der Waals surface area contributed by atoms with Crippen LogP contribution in [0.4, 0.5) is 0 Å². The van der Waals surface area contributed by atoms with E-state index in [1.165, 1.54) is 51.4 Å². The van der Waals surface area contributed by atoms with Crippen molar-refractivity contribution in [3.05, 3.63) is 12.7 Å². The quantitative estimate of drug-likeness (QED) is 0.310. The fourth-order valence-electron chi connectivity index (χ4n) is 3.20. The average Bonchev–Trinajstić information content (AvgIpc) is 2.62. The molecular formula is C20H38O5. The van der Waals surface area contributed by atoms with E-state index >= 15 is 0 Å². The van der Waals surface area contributed by atoms with Crippen LogP contribution in [0, 0.1) is 0 Å². The first kappa shape index (κ1) is 22.6. The molecule has 3 N–H and O–H groups in total. The van der Waals surface area contributed by atoms with Gasteiger partial charge in [0.15, 0.2) is 0 Å². The molecule has 1 aliphatic heterocycles. The van der Waals surface area contributed by atoms with E-state index in [9.17, 15) is 10.2 Å². The van der Waals surface area contributed by atoms with Gasteiger partial charge in [-0.05, 0) is 19.3 Å². The summed E-state index contributed by atoms with van der Waals surface area (Å²) in [7, 11) is 0. The van der Waals surface area contributed by atoms with Gasteiger partial charge in [0.2, 0.25) is 0 Å². The molecule has 1 fully saturated rings. The molecule has 25 heavy (non-hydrogen) atoms. The molecule has 0 amide bonds. The summed E-state index contributed by atoms with van der Waals surface area (Å²) in [4.78, 5) is 0. The summed E-state index contributed by atoms with van der Waals surface area (Å²) in [5, 5.41) is 28.8.